The van der Waals surface area contributed by atoms with E-state index in [1.165, 1.54) is 12.0 Å². The Balaban J connectivity index is 1.45. The van der Waals surface area contributed by atoms with E-state index in [-0.39, 0.29) is 5.91 Å². The summed E-state index contributed by atoms with van der Waals surface area (Å²) in [5.41, 5.74) is 2.25. The standard InChI is InChI=1S/C22H29N3O/c1-24(22(26)17-20-12-5-6-14-23-20)21-13-8-16-25(18-21)15-7-11-19-9-3-2-4-10-19/h2-6,9-10,12,14,21H,7-8,11,13,15-18H2,1H3. The number of piperidine rings is 1. The van der Waals surface area contributed by atoms with Gasteiger partial charge >= 0.3 is 0 Å². The Hall–Kier alpha value is -2.20. The number of aryl methyl sites for hydroxylation is 1. The van der Waals surface area contributed by atoms with Gasteiger partial charge in [0.25, 0.3) is 0 Å². The lowest BCUT2D eigenvalue weighted by atomic mass is 10.0. The molecule has 1 atom stereocenters. The zero-order valence-electron chi connectivity index (χ0n) is 15.7. The molecule has 2 aromatic rings. The van der Waals surface area contributed by atoms with E-state index < -0.39 is 0 Å². The van der Waals surface area contributed by atoms with Gasteiger partial charge in [0.1, 0.15) is 0 Å². The molecule has 4 nitrogen and oxygen atoms in total. The van der Waals surface area contributed by atoms with Gasteiger partial charge in [-0.05, 0) is 56.5 Å². The van der Waals surface area contributed by atoms with E-state index in [1.807, 2.05) is 30.1 Å². The van der Waals surface area contributed by atoms with Crippen molar-refractivity contribution in [2.24, 2.45) is 0 Å². The molecule has 1 aromatic heterocycles. The molecule has 4 heteroatoms. The van der Waals surface area contributed by atoms with E-state index in [0.717, 1.165) is 44.6 Å². The normalized spacial score (nSPS) is 17.8. The van der Waals surface area contributed by atoms with Crippen LogP contribution >= 0.6 is 0 Å². The van der Waals surface area contributed by atoms with Crippen molar-refractivity contribution in [3.63, 3.8) is 0 Å². The highest BCUT2D eigenvalue weighted by molar-refractivity contribution is 5.78. The van der Waals surface area contributed by atoms with Crippen LogP contribution in [-0.4, -0.2) is 53.4 Å². The third-order valence-electron chi connectivity index (χ3n) is 5.26. The zero-order valence-corrected chi connectivity index (χ0v) is 15.7. The first kappa shape index (κ1) is 18.6. The van der Waals surface area contributed by atoms with E-state index in [4.69, 9.17) is 0 Å². The Morgan fingerprint density at radius 1 is 1.19 bits per heavy atom. The summed E-state index contributed by atoms with van der Waals surface area (Å²) < 4.78 is 0. The average Bonchev–Trinajstić information content (AvgIpc) is 2.69. The van der Waals surface area contributed by atoms with Crippen molar-refractivity contribution >= 4 is 5.91 Å². The number of benzene rings is 1. The molecule has 0 spiro atoms. The minimum absolute atomic E-state index is 0.167. The number of rotatable bonds is 7. The summed E-state index contributed by atoms with van der Waals surface area (Å²) in [4.78, 5) is 21.3. The predicted molar refractivity (Wildman–Crippen MR) is 105 cm³/mol. The summed E-state index contributed by atoms with van der Waals surface area (Å²) in [5, 5.41) is 0. The monoisotopic (exact) mass is 351 g/mol. The van der Waals surface area contributed by atoms with Crippen LogP contribution in [0.4, 0.5) is 0 Å². The largest absolute Gasteiger partial charge is 0.341 e. The fraction of sp³-hybridized carbons (Fsp3) is 0.455. The molecule has 1 aliphatic heterocycles. The maximum atomic E-state index is 12.6. The Morgan fingerprint density at radius 2 is 2.00 bits per heavy atom. The molecule has 1 unspecified atom stereocenters. The van der Waals surface area contributed by atoms with Crippen LogP contribution in [0.5, 0.6) is 0 Å². The van der Waals surface area contributed by atoms with Crippen molar-refractivity contribution in [1.29, 1.82) is 0 Å². The van der Waals surface area contributed by atoms with Crippen LogP contribution in [0, 0.1) is 0 Å². The Kier molecular flexibility index (Phi) is 6.78. The number of carbonyl (C=O) groups is 1. The Morgan fingerprint density at radius 3 is 2.77 bits per heavy atom. The molecule has 0 radical (unpaired) electrons. The van der Waals surface area contributed by atoms with Gasteiger partial charge in [0.05, 0.1) is 6.42 Å². The van der Waals surface area contributed by atoms with Crippen molar-refractivity contribution in [3.8, 4) is 0 Å². The second kappa shape index (κ2) is 9.48. The highest BCUT2D eigenvalue weighted by Crippen LogP contribution is 2.16. The van der Waals surface area contributed by atoms with Gasteiger partial charge in [-0.15, -0.1) is 0 Å². The van der Waals surface area contributed by atoms with Crippen LogP contribution in [0.2, 0.25) is 0 Å². The number of nitrogens with zero attached hydrogens (tertiary/aromatic N) is 3. The molecule has 1 saturated heterocycles. The van der Waals surface area contributed by atoms with Crippen molar-refractivity contribution in [3.05, 3.63) is 66.0 Å². The van der Waals surface area contributed by atoms with E-state index in [9.17, 15) is 4.79 Å². The zero-order chi connectivity index (χ0) is 18.2. The van der Waals surface area contributed by atoms with Crippen molar-refractivity contribution in [2.45, 2.75) is 38.1 Å². The van der Waals surface area contributed by atoms with Crippen molar-refractivity contribution in [2.75, 3.05) is 26.7 Å². The van der Waals surface area contributed by atoms with Crippen molar-refractivity contribution in [1.82, 2.24) is 14.8 Å². The van der Waals surface area contributed by atoms with Crippen LogP contribution < -0.4 is 0 Å². The van der Waals surface area contributed by atoms with E-state index in [1.54, 1.807) is 6.20 Å². The van der Waals surface area contributed by atoms with E-state index >= 15 is 0 Å². The maximum absolute atomic E-state index is 12.6. The number of hydrogen-bond acceptors (Lipinski definition) is 3. The molecule has 1 aromatic carbocycles. The van der Waals surface area contributed by atoms with Crippen molar-refractivity contribution < 1.29 is 4.79 Å². The second-order valence-electron chi connectivity index (χ2n) is 7.19. The van der Waals surface area contributed by atoms with Crippen LogP contribution in [-0.2, 0) is 17.6 Å². The number of amides is 1. The molecular formula is C22H29N3O. The predicted octanol–water partition coefficient (Wildman–Crippen LogP) is 3.18. The molecule has 0 N–H and O–H groups in total. The number of hydrogen-bond donors (Lipinski definition) is 0. The number of aromatic nitrogens is 1. The third-order valence-corrected chi connectivity index (χ3v) is 5.26. The van der Waals surface area contributed by atoms with Crippen LogP contribution in [0.3, 0.4) is 0 Å². The molecule has 2 heterocycles. The van der Waals surface area contributed by atoms with Gasteiger partial charge in [0.2, 0.25) is 5.91 Å². The number of pyridine rings is 1. The van der Waals surface area contributed by atoms with Gasteiger partial charge in [-0.3, -0.25) is 9.78 Å². The minimum Gasteiger partial charge on any atom is -0.341 e. The summed E-state index contributed by atoms with van der Waals surface area (Å²) >= 11 is 0. The molecule has 0 aliphatic carbocycles. The molecule has 1 aliphatic rings. The van der Waals surface area contributed by atoms with Crippen LogP contribution in [0.15, 0.2) is 54.7 Å². The van der Waals surface area contributed by atoms with E-state index in [2.05, 4.69) is 40.2 Å². The van der Waals surface area contributed by atoms with Crippen LogP contribution in [0.25, 0.3) is 0 Å². The molecule has 26 heavy (non-hydrogen) atoms. The molecule has 0 bridgehead atoms. The first-order chi connectivity index (χ1) is 12.7. The molecule has 3 rings (SSSR count). The summed E-state index contributed by atoms with van der Waals surface area (Å²) in [6.45, 7) is 3.24. The number of likely N-dealkylation sites (tertiary alicyclic amines) is 1. The molecule has 1 fully saturated rings. The summed E-state index contributed by atoms with van der Waals surface area (Å²) in [6, 6.07) is 16.7. The lowest BCUT2D eigenvalue weighted by Crippen LogP contribution is -2.49. The Labute approximate surface area is 156 Å². The molecule has 0 saturated carbocycles. The highest BCUT2D eigenvalue weighted by Gasteiger charge is 2.25. The summed E-state index contributed by atoms with van der Waals surface area (Å²) in [5.74, 6) is 0.167. The fourth-order valence-corrected chi connectivity index (χ4v) is 3.69. The molecular weight excluding hydrogens is 322 g/mol. The summed E-state index contributed by atoms with van der Waals surface area (Å²) in [7, 11) is 1.95. The molecule has 138 valence electrons. The highest BCUT2D eigenvalue weighted by atomic mass is 16.2. The fourth-order valence-electron chi connectivity index (χ4n) is 3.69. The average molecular weight is 351 g/mol. The Bertz CT molecular complexity index is 674. The SMILES string of the molecule is CN(C(=O)Cc1ccccn1)C1CCCN(CCCc2ccccc2)C1. The van der Waals surface area contributed by atoms with Crippen LogP contribution in [0.1, 0.15) is 30.5 Å². The first-order valence-electron chi connectivity index (χ1n) is 9.64. The maximum Gasteiger partial charge on any atom is 0.228 e. The lowest BCUT2D eigenvalue weighted by molar-refractivity contribution is -0.132. The number of carbonyl (C=O) groups excluding carboxylic acids is 1. The van der Waals surface area contributed by atoms with Gasteiger partial charge in [-0.25, -0.2) is 0 Å². The number of likely N-dealkylation sites (N-methyl/N-ethyl adjacent to an activating group) is 1. The van der Waals surface area contributed by atoms with Gasteiger partial charge in [-0.2, -0.15) is 0 Å². The van der Waals surface area contributed by atoms with Gasteiger partial charge in [0, 0.05) is 31.5 Å². The topological polar surface area (TPSA) is 36.4 Å². The van der Waals surface area contributed by atoms with E-state index in [0.29, 0.717) is 12.5 Å². The second-order valence-corrected chi connectivity index (χ2v) is 7.19. The lowest BCUT2D eigenvalue weighted by Gasteiger charge is -2.37. The summed E-state index contributed by atoms with van der Waals surface area (Å²) in [6.07, 6.45) is 6.69. The van der Waals surface area contributed by atoms with Gasteiger partial charge in [0.15, 0.2) is 0 Å². The van der Waals surface area contributed by atoms with Gasteiger partial charge < -0.3 is 9.80 Å². The molecule has 1 amide bonds. The minimum atomic E-state index is 0.167. The third kappa shape index (κ3) is 5.40. The first-order valence-corrected chi connectivity index (χ1v) is 9.64. The van der Waals surface area contributed by atoms with Gasteiger partial charge in [-0.1, -0.05) is 36.4 Å². The smallest absolute Gasteiger partial charge is 0.228 e. The quantitative estimate of drug-likeness (QED) is 0.769.